The predicted octanol–water partition coefficient (Wildman–Crippen LogP) is 2.55. The molecule has 2 rings (SSSR count). The zero-order valence-electron chi connectivity index (χ0n) is 9.82. The first-order chi connectivity index (χ1) is 7.54. The minimum atomic E-state index is -1.89. The number of hydrogen-bond acceptors (Lipinski definition) is 3. The molecule has 0 spiro atoms. The summed E-state index contributed by atoms with van der Waals surface area (Å²) < 4.78 is 10.6. The van der Waals surface area contributed by atoms with E-state index in [0.29, 0.717) is 6.79 Å². The predicted molar refractivity (Wildman–Crippen MR) is 65.4 cm³/mol. The Hall–Kier alpha value is -1.00. The second-order valence-electron chi connectivity index (χ2n) is 4.85. The van der Waals surface area contributed by atoms with Crippen molar-refractivity contribution in [2.75, 3.05) is 6.79 Å². The van der Waals surface area contributed by atoms with Crippen LogP contribution in [0.15, 0.2) is 18.2 Å². The lowest BCUT2D eigenvalue weighted by atomic mass is 10.1. The Morgan fingerprint density at radius 2 is 2.00 bits per heavy atom. The van der Waals surface area contributed by atoms with Gasteiger partial charge in [0.05, 0.1) is 0 Å². The van der Waals surface area contributed by atoms with Gasteiger partial charge in [0.15, 0.2) is 19.8 Å². The molecule has 3 nitrogen and oxygen atoms in total. The van der Waals surface area contributed by atoms with Gasteiger partial charge in [0.1, 0.15) is 0 Å². The quantitative estimate of drug-likeness (QED) is 0.819. The maximum Gasteiger partial charge on any atom is 0.231 e. The molecule has 1 N–H and O–H groups in total. The number of aryl methyl sites for hydroxylation is 1. The molecule has 0 bridgehead atoms. The molecule has 1 aromatic rings. The van der Waals surface area contributed by atoms with Crippen LogP contribution in [0.3, 0.4) is 0 Å². The van der Waals surface area contributed by atoms with Crippen LogP contribution < -0.4 is 9.47 Å². The summed E-state index contributed by atoms with van der Waals surface area (Å²) in [7, 11) is -1.89. The summed E-state index contributed by atoms with van der Waals surface area (Å²) >= 11 is 0. The number of benzene rings is 1. The second kappa shape index (κ2) is 4.47. The molecule has 0 unspecified atom stereocenters. The molecule has 0 atom stereocenters. The van der Waals surface area contributed by atoms with E-state index in [9.17, 15) is 4.80 Å². The fourth-order valence-corrected chi connectivity index (χ4v) is 2.86. The Labute approximate surface area is 97.1 Å². The molecule has 0 fully saturated rings. The standard InChI is InChI=1S/C12H18O3Si/c1-16(2,13)7-3-4-10-5-6-11-12(8-10)15-9-14-11/h5-6,8,13H,3-4,7,9H2,1-2H3. The van der Waals surface area contributed by atoms with Gasteiger partial charge in [-0.15, -0.1) is 0 Å². The maximum atomic E-state index is 9.74. The van der Waals surface area contributed by atoms with Crippen LogP contribution in [0.4, 0.5) is 0 Å². The van der Waals surface area contributed by atoms with E-state index in [0.717, 1.165) is 30.4 Å². The van der Waals surface area contributed by atoms with Gasteiger partial charge in [0.2, 0.25) is 6.79 Å². The van der Waals surface area contributed by atoms with Crippen molar-refractivity contribution >= 4 is 8.32 Å². The highest BCUT2D eigenvalue weighted by molar-refractivity contribution is 6.69. The molecule has 0 saturated heterocycles. The lowest BCUT2D eigenvalue weighted by Crippen LogP contribution is -2.24. The third-order valence-corrected chi connectivity index (χ3v) is 4.27. The Morgan fingerprint density at radius 3 is 2.75 bits per heavy atom. The van der Waals surface area contributed by atoms with Crippen molar-refractivity contribution < 1.29 is 14.3 Å². The monoisotopic (exact) mass is 238 g/mol. The SMILES string of the molecule is C[Si](C)(O)CCCc1ccc2c(c1)OCO2. The first-order valence-electron chi connectivity index (χ1n) is 5.65. The van der Waals surface area contributed by atoms with Gasteiger partial charge in [-0.3, -0.25) is 0 Å². The van der Waals surface area contributed by atoms with Crippen molar-refractivity contribution in [1.29, 1.82) is 0 Å². The molecule has 0 saturated carbocycles. The topological polar surface area (TPSA) is 38.7 Å². The number of hydrogen-bond donors (Lipinski definition) is 1. The van der Waals surface area contributed by atoms with E-state index >= 15 is 0 Å². The minimum Gasteiger partial charge on any atom is -0.454 e. The summed E-state index contributed by atoms with van der Waals surface area (Å²) in [6, 6.07) is 7.01. The maximum absolute atomic E-state index is 9.74. The third kappa shape index (κ3) is 2.99. The molecule has 0 radical (unpaired) electrons. The van der Waals surface area contributed by atoms with E-state index in [1.165, 1.54) is 5.56 Å². The molecule has 0 aliphatic carbocycles. The van der Waals surface area contributed by atoms with Crippen molar-refractivity contribution in [3.05, 3.63) is 23.8 Å². The summed E-state index contributed by atoms with van der Waals surface area (Å²) in [5.41, 5.74) is 1.25. The Kier molecular flexibility index (Phi) is 3.21. The van der Waals surface area contributed by atoms with E-state index in [1.54, 1.807) is 0 Å². The highest BCUT2D eigenvalue weighted by atomic mass is 28.4. The molecule has 0 aromatic heterocycles. The molecule has 1 heterocycles. The molecule has 1 aliphatic rings. The lowest BCUT2D eigenvalue weighted by Gasteiger charge is -2.13. The number of rotatable bonds is 4. The van der Waals surface area contributed by atoms with Crippen LogP contribution in [0.1, 0.15) is 12.0 Å². The molecule has 16 heavy (non-hydrogen) atoms. The first kappa shape index (κ1) is 11.5. The molecule has 0 amide bonds. The summed E-state index contributed by atoms with van der Waals surface area (Å²) in [6.45, 7) is 4.29. The van der Waals surface area contributed by atoms with Gasteiger partial charge in [-0.1, -0.05) is 6.07 Å². The van der Waals surface area contributed by atoms with Gasteiger partial charge in [-0.25, -0.2) is 0 Å². The van der Waals surface area contributed by atoms with Crippen LogP contribution in [-0.4, -0.2) is 19.9 Å². The van der Waals surface area contributed by atoms with E-state index in [-0.39, 0.29) is 0 Å². The third-order valence-electron chi connectivity index (χ3n) is 2.69. The Balaban J connectivity index is 1.91. The summed E-state index contributed by atoms with van der Waals surface area (Å²) in [6.07, 6.45) is 2.03. The molecule has 1 aliphatic heterocycles. The molecule has 4 heteroatoms. The van der Waals surface area contributed by atoms with Crippen LogP contribution in [0.2, 0.25) is 19.1 Å². The summed E-state index contributed by atoms with van der Waals surface area (Å²) in [5, 5.41) is 0. The van der Waals surface area contributed by atoms with Crippen LogP contribution in [0.5, 0.6) is 11.5 Å². The van der Waals surface area contributed by atoms with Crippen LogP contribution >= 0.6 is 0 Å². The van der Waals surface area contributed by atoms with Crippen molar-refractivity contribution in [2.24, 2.45) is 0 Å². The molecular weight excluding hydrogens is 220 g/mol. The van der Waals surface area contributed by atoms with E-state index in [1.807, 2.05) is 25.2 Å². The normalized spacial score (nSPS) is 14.2. The highest BCUT2D eigenvalue weighted by Crippen LogP contribution is 2.32. The zero-order valence-corrected chi connectivity index (χ0v) is 10.8. The van der Waals surface area contributed by atoms with Gasteiger partial charge < -0.3 is 14.3 Å². The minimum absolute atomic E-state index is 0.329. The molecule has 88 valence electrons. The average molecular weight is 238 g/mol. The van der Waals surface area contributed by atoms with Gasteiger partial charge in [0, 0.05) is 0 Å². The van der Waals surface area contributed by atoms with Crippen LogP contribution in [0, 0.1) is 0 Å². The molecular formula is C12H18O3Si. The van der Waals surface area contributed by atoms with Crippen LogP contribution in [0.25, 0.3) is 0 Å². The van der Waals surface area contributed by atoms with Gasteiger partial charge in [0.25, 0.3) is 0 Å². The van der Waals surface area contributed by atoms with Crippen molar-refractivity contribution in [2.45, 2.75) is 32.0 Å². The number of fused-ring (bicyclic) bond motifs is 1. The zero-order chi connectivity index (χ0) is 11.6. The van der Waals surface area contributed by atoms with E-state index in [4.69, 9.17) is 9.47 Å². The largest absolute Gasteiger partial charge is 0.454 e. The fourth-order valence-electron chi connectivity index (χ4n) is 1.82. The van der Waals surface area contributed by atoms with Crippen molar-refractivity contribution in [1.82, 2.24) is 0 Å². The van der Waals surface area contributed by atoms with Gasteiger partial charge in [-0.05, 0) is 49.7 Å². The van der Waals surface area contributed by atoms with Gasteiger partial charge in [-0.2, -0.15) is 0 Å². The Bertz CT molecular complexity index is 371. The highest BCUT2D eigenvalue weighted by Gasteiger charge is 2.17. The summed E-state index contributed by atoms with van der Waals surface area (Å²) in [5.74, 6) is 1.68. The lowest BCUT2D eigenvalue weighted by molar-refractivity contribution is 0.174. The number of ether oxygens (including phenoxy) is 2. The van der Waals surface area contributed by atoms with Crippen molar-refractivity contribution in [3.8, 4) is 11.5 Å². The molecule has 1 aromatic carbocycles. The van der Waals surface area contributed by atoms with Crippen molar-refractivity contribution in [3.63, 3.8) is 0 Å². The fraction of sp³-hybridized carbons (Fsp3) is 0.500. The van der Waals surface area contributed by atoms with E-state index in [2.05, 4.69) is 6.07 Å². The van der Waals surface area contributed by atoms with Crippen LogP contribution in [-0.2, 0) is 6.42 Å². The van der Waals surface area contributed by atoms with Gasteiger partial charge >= 0.3 is 0 Å². The Morgan fingerprint density at radius 1 is 1.25 bits per heavy atom. The first-order valence-corrected chi connectivity index (χ1v) is 8.81. The van der Waals surface area contributed by atoms with E-state index < -0.39 is 8.32 Å². The average Bonchev–Trinajstić information content (AvgIpc) is 2.62. The second-order valence-corrected chi connectivity index (χ2v) is 8.98. The smallest absolute Gasteiger partial charge is 0.231 e. The summed E-state index contributed by atoms with van der Waals surface area (Å²) in [4.78, 5) is 9.74.